The molecule has 2 rings (SSSR count). The lowest BCUT2D eigenvalue weighted by atomic mass is 10.2. The molecule has 1 aromatic rings. The zero-order valence-corrected chi connectivity index (χ0v) is 10.4. The maximum atomic E-state index is 11.5. The average molecular weight is 266 g/mol. The van der Waals surface area contributed by atoms with Gasteiger partial charge in [0, 0.05) is 12.8 Å². The lowest BCUT2D eigenvalue weighted by Gasteiger charge is -2.13. The number of amidine groups is 1. The fourth-order valence-electron chi connectivity index (χ4n) is 1.74. The molecule has 0 saturated carbocycles. The van der Waals surface area contributed by atoms with Crippen LogP contribution in [0.25, 0.3) is 0 Å². The van der Waals surface area contributed by atoms with Crippen molar-refractivity contribution in [1.29, 1.82) is 0 Å². The largest absolute Gasteiger partial charge is 0.386 e. The molecule has 94 valence electrons. The van der Waals surface area contributed by atoms with Crippen molar-refractivity contribution < 1.29 is 9.59 Å². The molecule has 2 amide bonds. The van der Waals surface area contributed by atoms with Gasteiger partial charge in [-0.3, -0.25) is 14.5 Å². The van der Waals surface area contributed by atoms with Crippen molar-refractivity contribution >= 4 is 40.6 Å². The second-order valence-corrected chi connectivity index (χ2v) is 4.14. The molecule has 1 saturated heterocycles. The number of amides is 2. The first kappa shape index (κ1) is 12.6. The van der Waals surface area contributed by atoms with Gasteiger partial charge in [0.2, 0.25) is 11.8 Å². The van der Waals surface area contributed by atoms with Crippen LogP contribution >= 0.6 is 11.6 Å². The van der Waals surface area contributed by atoms with Crippen LogP contribution in [-0.2, 0) is 9.59 Å². The van der Waals surface area contributed by atoms with Crippen LogP contribution in [0, 0.1) is 0 Å². The fourth-order valence-corrected chi connectivity index (χ4v) is 1.80. The quantitative estimate of drug-likeness (QED) is 0.390. The van der Waals surface area contributed by atoms with E-state index in [1.54, 1.807) is 24.3 Å². The molecule has 1 aliphatic heterocycles. The van der Waals surface area contributed by atoms with Gasteiger partial charge in [0.15, 0.2) is 0 Å². The second kappa shape index (κ2) is 5.18. The van der Waals surface area contributed by atoms with Gasteiger partial charge in [-0.15, -0.1) is 11.6 Å². The molecule has 1 aliphatic rings. The lowest BCUT2D eigenvalue weighted by molar-refractivity contribution is -0.121. The summed E-state index contributed by atoms with van der Waals surface area (Å²) in [7, 11) is 0. The topological polar surface area (TPSA) is 75.8 Å². The number of aliphatic imine (C=N–C) groups is 1. The molecule has 0 spiro atoms. The zero-order valence-electron chi connectivity index (χ0n) is 9.60. The molecular weight excluding hydrogens is 254 g/mol. The minimum absolute atomic E-state index is 0.158. The molecule has 0 bridgehead atoms. The van der Waals surface area contributed by atoms with Crippen LogP contribution in [0.2, 0.25) is 0 Å². The summed E-state index contributed by atoms with van der Waals surface area (Å²) in [6, 6.07) is 6.71. The number of alkyl halides is 1. The van der Waals surface area contributed by atoms with Crippen molar-refractivity contribution in [2.24, 2.45) is 10.7 Å². The van der Waals surface area contributed by atoms with Gasteiger partial charge in [0.25, 0.3) is 0 Å². The Kier molecular flexibility index (Phi) is 3.62. The van der Waals surface area contributed by atoms with Crippen molar-refractivity contribution in [3.63, 3.8) is 0 Å². The number of halogens is 1. The van der Waals surface area contributed by atoms with Crippen molar-refractivity contribution in [3.8, 4) is 0 Å². The third kappa shape index (κ3) is 2.51. The van der Waals surface area contributed by atoms with Gasteiger partial charge in [0.1, 0.15) is 5.84 Å². The van der Waals surface area contributed by atoms with E-state index in [2.05, 4.69) is 4.99 Å². The number of imide groups is 1. The van der Waals surface area contributed by atoms with Gasteiger partial charge in [-0.25, -0.2) is 4.99 Å². The van der Waals surface area contributed by atoms with Gasteiger partial charge in [-0.05, 0) is 24.3 Å². The highest BCUT2D eigenvalue weighted by atomic mass is 35.5. The number of hydrogen-bond donors (Lipinski definition) is 1. The highest BCUT2D eigenvalue weighted by Gasteiger charge is 2.29. The highest BCUT2D eigenvalue weighted by Crippen LogP contribution is 2.24. The SMILES string of the molecule is NC(CCl)=Nc1ccc(N2C(=O)CCC2=O)cc1. The Balaban J connectivity index is 2.22. The average Bonchev–Trinajstić information content (AvgIpc) is 2.70. The fraction of sp³-hybridized carbons (Fsp3) is 0.250. The molecule has 5 nitrogen and oxygen atoms in total. The summed E-state index contributed by atoms with van der Waals surface area (Å²) in [5, 5.41) is 0. The van der Waals surface area contributed by atoms with Crippen LogP contribution in [-0.4, -0.2) is 23.5 Å². The van der Waals surface area contributed by atoms with Gasteiger partial charge in [-0.2, -0.15) is 0 Å². The van der Waals surface area contributed by atoms with Crippen LogP contribution in [0.15, 0.2) is 29.3 Å². The van der Waals surface area contributed by atoms with E-state index < -0.39 is 0 Å². The molecule has 0 aromatic heterocycles. The molecule has 0 atom stereocenters. The number of hydrogen-bond acceptors (Lipinski definition) is 3. The van der Waals surface area contributed by atoms with E-state index in [1.807, 2.05) is 0 Å². The maximum absolute atomic E-state index is 11.5. The van der Waals surface area contributed by atoms with Gasteiger partial charge >= 0.3 is 0 Å². The standard InChI is InChI=1S/C12H12ClN3O2/c13-7-10(14)15-8-1-3-9(4-2-8)16-11(17)5-6-12(16)18/h1-4H,5-7H2,(H2,14,15). The molecule has 2 N–H and O–H groups in total. The first-order valence-electron chi connectivity index (χ1n) is 5.46. The Hall–Kier alpha value is -1.88. The molecule has 6 heteroatoms. The molecule has 1 fully saturated rings. The lowest BCUT2D eigenvalue weighted by Crippen LogP contribution is -2.28. The summed E-state index contributed by atoms with van der Waals surface area (Å²) >= 11 is 5.52. The third-order valence-corrected chi connectivity index (χ3v) is 2.84. The van der Waals surface area contributed by atoms with E-state index in [-0.39, 0.29) is 30.5 Å². The number of benzene rings is 1. The van der Waals surface area contributed by atoms with E-state index in [9.17, 15) is 9.59 Å². The molecule has 0 unspecified atom stereocenters. The van der Waals surface area contributed by atoms with Gasteiger partial charge in [0.05, 0.1) is 17.3 Å². The predicted octanol–water partition coefficient (Wildman–Crippen LogP) is 1.57. The Morgan fingerprint density at radius 3 is 2.28 bits per heavy atom. The number of rotatable bonds is 3. The molecule has 1 heterocycles. The minimum atomic E-state index is -0.170. The Morgan fingerprint density at radius 1 is 1.22 bits per heavy atom. The molecular formula is C12H12ClN3O2. The summed E-state index contributed by atoms with van der Waals surface area (Å²) in [5.41, 5.74) is 6.70. The number of nitrogens with two attached hydrogens (primary N) is 1. The Morgan fingerprint density at radius 2 is 1.78 bits per heavy atom. The summed E-state index contributed by atoms with van der Waals surface area (Å²) in [6.07, 6.45) is 0.551. The molecule has 0 radical (unpaired) electrons. The van der Waals surface area contributed by atoms with E-state index in [0.29, 0.717) is 17.2 Å². The minimum Gasteiger partial charge on any atom is -0.386 e. The maximum Gasteiger partial charge on any atom is 0.234 e. The van der Waals surface area contributed by atoms with Crippen molar-refractivity contribution in [3.05, 3.63) is 24.3 Å². The number of carbonyl (C=O) groups is 2. The number of anilines is 1. The Bertz CT molecular complexity index is 495. The summed E-state index contributed by atoms with van der Waals surface area (Å²) in [5.74, 6) is 0.135. The van der Waals surface area contributed by atoms with Crippen LogP contribution in [0.4, 0.5) is 11.4 Å². The van der Waals surface area contributed by atoms with Crippen LogP contribution in [0.3, 0.4) is 0 Å². The monoisotopic (exact) mass is 265 g/mol. The highest BCUT2D eigenvalue weighted by molar-refractivity contribution is 6.28. The normalized spacial score (nSPS) is 16.5. The van der Waals surface area contributed by atoms with Crippen LogP contribution < -0.4 is 10.6 Å². The number of nitrogens with zero attached hydrogens (tertiary/aromatic N) is 2. The van der Waals surface area contributed by atoms with Crippen molar-refractivity contribution in [2.45, 2.75) is 12.8 Å². The summed E-state index contributed by atoms with van der Waals surface area (Å²) in [4.78, 5) is 28.3. The zero-order chi connectivity index (χ0) is 13.1. The van der Waals surface area contributed by atoms with Crippen LogP contribution in [0.5, 0.6) is 0 Å². The molecule has 18 heavy (non-hydrogen) atoms. The van der Waals surface area contributed by atoms with E-state index in [1.165, 1.54) is 4.90 Å². The van der Waals surface area contributed by atoms with Gasteiger partial charge in [-0.1, -0.05) is 0 Å². The van der Waals surface area contributed by atoms with Crippen molar-refractivity contribution in [2.75, 3.05) is 10.8 Å². The second-order valence-electron chi connectivity index (χ2n) is 3.88. The Labute approximate surface area is 109 Å². The van der Waals surface area contributed by atoms with E-state index >= 15 is 0 Å². The molecule has 1 aromatic carbocycles. The van der Waals surface area contributed by atoms with Crippen molar-refractivity contribution in [1.82, 2.24) is 0 Å². The number of carbonyl (C=O) groups excluding carboxylic acids is 2. The van der Waals surface area contributed by atoms with Crippen LogP contribution in [0.1, 0.15) is 12.8 Å². The van der Waals surface area contributed by atoms with E-state index in [0.717, 1.165) is 0 Å². The van der Waals surface area contributed by atoms with E-state index in [4.69, 9.17) is 17.3 Å². The third-order valence-electron chi connectivity index (χ3n) is 2.57. The van der Waals surface area contributed by atoms with Gasteiger partial charge < -0.3 is 5.73 Å². The smallest absolute Gasteiger partial charge is 0.234 e. The first-order chi connectivity index (χ1) is 8.61. The molecule has 0 aliphatic carbocycles. The summed E-state index contributed by atoms with van der Waals surface area (Å²) in [6.45, 7) is 0. The predicted molar refractivity (Wildman–Crippen MR) is 70.2 cm³/mol. The first-order valence-corrected chi connectivity index (χ1v) is 6.00. The summed E-state index contributed by atoms with van der Waals surface area (Å²) < 4.78 is 0.